The van der Waals surface area contributed by atoms with Crippen LogP contribution >= 0.6 is 0 Å². The smallest absolute Gasteiger partial charge is 0.306 e. The molecule has 0 spiro atoms. The maximum absolute atomic E-state index is 12.9. The highest BCUT2D eigenvalue weighted by Crippen LogP contribution is 2.15. The number of ether oxygens (including phenoxy) is 3. The summed E-state index contributed by atoms with van der Waals surface area (Å²) in [6, 6.07) is 0. The highest BCUT2D eigenvalue weighted by Gasteiger charge is 2.19. The van der Waals surface area contributed by atoms with Gasteiger partial charge in [0.25, 0.3) is 0 Å². The minimum atomic E-state index is -0.787. The van der Waals surface area contributed by atoms with Crippen molar-refractivity contribution in [3.05, 3.63) is 85.1 Å². The van der Waals surface area contributed by atoms with Crippen LogP contribution in [0.15, 0.2) is 85.1 Å². The zero-order valence-corrected chi connectivity index (χ0v) is 47.4. The van der Waals surface area contributed by atoms with Crippen molar-refractivity contribution >= 4 is 17.9 Å². The van der Waals surface area contributed by atoms with Crippen LogP contribution in [0.3, 0.4) is 0 Å². The fourth-order valence-electron chi connectivity index (χ4n) is 8.52. The van der Waals surface area contributed by atoms with E-state index in [1.807, 2.05) is 0 Å². The summed E-state index contributed by atoms with van der Waals surface area (Å²) < 4.78 is 16.9. The van der Waals surface area contributed by atoms with Crippen molar-refractivity contribution < 1.29 is 28.6 Å². The average Bonchev–Trinajstić information content (AvgIpc) is 3.38. The molecule has 0 bridgehead atoms. The van der Waals surface area contributed by atoms with Crippen molar-refractivity contribution in [2.75, 3.05) is 13.2 Å². The molecule has 414 valence electrons. The second-order valence-corrected chi connectivity index (χ2v) is 20.2. The van der Waals surface area contributed by atoms with Gasteiger partial charge >= 0.3 is 17.9 Å². The first-order valence-corrected chi connectivity index (χ1v) is 30.6. The Morgan fingerprint density at radius 3 is 0.861 bits per heavy atom. The number of hydrogen-bond acceptors (Lipinski definition) is 6. The minimum Gasteiger partial charge on any atom is -0.462 e. The molecule has 0 radical (unpaired) electrons. The number of unbranched alkanes of at least 4 members (excludes halogenated alkanes) is 30. The molecule has 0 aromatic carbocycles. The molecule has 0 aliphatic carbocycles. The summed E-state index contributed by atoms with van der Waals surface area (Å²) in [5.74, 6) is -0.898. The maximum Gasteiger partial charge on any atom is 0.306 e. The van der Waals surface area contributed by atoms with Crippen molar-refractivity contribution in [1.82, 2.24) is 0 Å². The third kappa shape index (κ3) is 57.5. The van der Waals surface area contributed by atoms with E-state index in [-0.39, 0.29) is 31.1 Å². The number of esters is 3. The van der Waals surface area contributed by atoms with Crippen LogP contribution in [-0.2, 0) is 28.6 Å². The standard InChI is InChI=1S/C66H114O6/c1-4-7-10-13-16-19-22-25-28-29-30-31-32-33-34-35-36-37-39-41-44-47-50-53-56-59-65(68)71-62-63(61-70-64(67)58-55-52-49-46-43-40-27-24-21-18-15-12-9-6-3)72-66(69)60-57-54-51-48-45-42-38-26-23-20-17-14-11-8-5-2/h7,10,16,19,24-28,30-31,33-34,38,63H,4-6,8-9,11-15,17-18,20-23,29,32,35-37,39-62H2,1-3H3/b10-7-,19-16-,27-24-,28-25-,31-30-,34-33-,38-26-. The Hall–Kier alpha value is -3.41. The molecule has 72 heavy (non-hydrogen) atoms. The number of rotatable bonds is 55. The lowest BCUT2D eigenvalue weighted by atomic mass is 10.1. The van der Waals surface area contributed by atoms with Crippen molar-refractivity contribution in [3.8, 4) is 0 Å². The second kappa shape index (κ2) is 60.1. The molecule has 0 amide bonds. The Balaban J connectivity index is 4.34. The lowest BCUT2D eigenvalue weighted by Gasteiger charge is -2.18. The van der Waals surface area contributed by atoms with Crippen LogP contribution in [0.1, 0.15) is 297 Å². The molecule has 0 rings (SSSR count). The van der Waals surface area contributed by atoms with Crippen molar-refractivity contribution in [2.24, 2.45) is 0 Å². The fraction of sp³-hybridized carbons (Fsp3) is 0.742. The average molecular weight is 1000 g/mol. The number of allylic oxidation sites excluding steroid dienone is 14. The molecule has 6 heteroatoms. The van der Waals surface area contributed by atoms with E-state index in [9.17, 15) is 14.4 Å². The van der Waals surface area contributed by atoms with Crippen LogP contribution in [0.5, 0.6) is 0 Å². The summed E-state index contributed by atoms with van der Waals surface area (Å²) in [6.45, 7) is 6.51. The van der Waals surface area contributed by atoms with Crippen molar-refractivity contribution in [2.45, 2.75) is 303 Å². The summed E-state index contributed by atoms with van der Waals surface area (Å²) in [5, 5.41) is 0. The Morgan fingerprint density at radius 1 is 0.292 bits per heavy atom. The van der Waals surface area contributed by atoms with Gasteiger partial charge in [-0.3, -0.25) is 14.4 Å². The molecular weight excluding hydrogens is 889 g/mol. The van der Waals surface area contributed by atoms with Gasteiger partial charge in [0.2, 0.25) is 0 Å². The third-order valence-corrected chi connectivity index (χ3v) is 13.1. The zero-order chi connectivity index (χ0) is 52.2. The summed E-state index contributed by atoms with van der Waals surface area (Å²) in [5.41, 5.74) is 0. The van der Waals surface area contributed by atoms with E-state index in [0.717, 1.165) is 116 Å². The molecule has 0 saturated heterocycles. The van der Waals surface area contributed by atoms with E-state index in [0.29, 0.717) is 19.3 Å². The summed E-state index contributed by atoms with van der Waals surface area (Å²) >= 11 is 0. The molecule has 0 fully saturated rings. The molecule has 0 N–H and O–H groups in total. The van der Waals surface area contributed by atoms with Gasteiger partial charge in [-0.1, -0.05) is 247 Å². The van der Waals surface area contributed by atoms with Crippen LogP contribution in [0.4, 0.5) is 0 Å². The Labute approximate surface area is 445 Å². The SMILES string of the molecule is CC/C=C\C/C=C\C/C=C\C/C=C\C/C=C\CCCCCCCCCCCC(=O)OCC(COC(=O)CCCCCCC/C=C\CCCCCCC)OC(=O)CCCCCCC/C=C\CCCCCCCC. The van der Waals surface area contributed by atoms with E-state index >= 15 is 0 Å². The van der Waals surface area contributed by atoms with Gasteiger partial charge in [0.05, 0.1) is 0 Å². The molecule has 0 aliphatic rings. The highest BCUT2D eigenvalue weighted by molar-refractivity contribution is 5.71. The van der Waals surface area contributed by atoms with Gasteiger partial charge in [0.15, 0.2) is 6.10 Å². The van der Waals surface area contributed by atoms with Gasteiger partial charge in [-0.2, -0.15) is 0 Å². The van der Waals surface area contributed by atoms with Crippen LogP contribution in [0.2, 0.25) is 0 Å². The fourth-order valence-corrected chi connectivity index (χ4v) is 8.52. The molecule has 6 nitrogen and oxygen atoms in total. The van der Waals surface area contributed by atoms with Gasteiger partial charge < -0.3 is 14.2 Å². The van der Waals surface area contributed by atoms with Gasteiger partial charge in [-0.05, 0) is 116 Å². The van der Waals surface area contributed by atoms with Crippen LogP contribution in [0, 0.1) is 0 Å². The summed E-state index contributed by atoms with van der Waals surface area (Å²) in [4.78, 5) is 38.2. The van der Waals surface area contributed by atoms with Crippen LogP contribution in [0.25, 0.3) is 0 Å². The molecule has 1 unspecified atom stereocenters. The highest BCUT2D eigenvalue weighted by atomic mass is 16.6. The first kappa shape index (κ1) is 68.6. The monoisotopic (exact) mass is 1000 g/mol. The van der Waals surface area contributed by atoms with Crippen LogP contribution < -0.4 is 0 Å². The lowest BCUT2D eigenvalue weighted by molar-refractivity contribution is -0.167. The minimum absolute atomic E-state index is 0.0847. The second-order valence-electron chi connectivity index (χ2n) is 20.2. The quantitative estimate of drug-likeness (QED) is 0.0261. The van der Waals surface area contributed by atoms with E-state index < -0.39 is 6.10 Å². The molecule has 0 aliphatic heterocycles. The van der Waals surface area contributed by atoms with Gasteiger partial charge in [-0.25, -0.2) is 0 Å². The topological polar surface area (TPSA) is 78.9 Å². The van der Waals surface area contributed by atoms with E-state index in [1.54, 1.807) is 0 Å². The number of carbonyl (C=O) groups excluding carboxylic acids is 3. The predicted molar refractivity (Wildman–Crippen MR) is 311 cm³/mol. The molecule has 0 aromatic rings. The molecule has 0 aromatic heterocycles. The third-order valence-electron chi connectivity index (χ3n) is 13.1. The molecule has 1 atom stereocenters. The first-order valence-electron chi connectivity index (χ1n) is 30.6. The zero-order valence-electron chi connectivity index (χ0n) is 47.4. The molecule has 0 saturated carbocycles. The maximum atomic E-state index is 12.9. The lowest BCUT2D eigenvalue weighted by Crippen LogP contribution is -2.30. The Morgan fingerprint density at radius 2 is 0.542 bits per heavy atom. The normalized spacial score (nSPS) is 12.7. The van der Waals surface area contributed by atoms with Crippen molar-refractivity contribution in [3.63, 3.8) is 0 Å². The largest absolute Gasteiger partial charge is 0.462 e. The molecular formula is C66H114O6. The predicted octanol–water partition coefficient (Wildman–Crippen LogP) is 20.7. The first-order chi connectivity index (χ1) is 35.5. The Kier molecular flexibility index (Phi) is 57.3. The molecule has 0 heterocycles. The summed E-state index contributed by atoms with van der Waals surface area (Å²) in [6.07, 6.45) is 78.6. The van der Waals surface area contributed by atoms with E-state index in [2.05, 4.69) is 106 Å². The van der Waals surface area contributed by atoms with Gasteiger partial charge in [-0.15, -0.1) is 0 Å². The van der Waals surface area contributed by atoms with E-state index in [4.69, 9.17) is 14.2 Å². The van der Waals surface area contributed by atoms with Crippen molar-refractivity contribution in [1.29, 1.82) is 0 Å². The number of carbonyl (C=O) groups is 3. The number of hydrogen-bond donors (Lipinski definition) is 0. The van der Waals surface area contributed by atoms with E-state index in [1.165, 1.54) is 141 Å². The summed E-state index contributed by atoms with van der Waals surface area (Å²) in [7, 11) is 0. The van der Waals surface area contributed by atoms with Gasteiger partial charge in [0, 0.05) is 19.3 Å². The van der Waals surface area contributed by atoms with Gasteiger partial charge in [0.1, 0.15) is 13.2 Å². The van der Waals surface area contributed by atoms with Crippen LogP contribution in [-0.4, -0.2) is 37.2 Å². The Bertz CT molecular complexity index is 1380.